The molecule has 0 fully saturated rings. The van der Waals surface area contributed by atoms with Gasteiger partial charge in [-0.15, -0.1) is 10.2 Å². The number of nitrogens with one attached hydrogen (secondary N) is 2. The lowest BCUT2D eigenvalue weighted by molar-refractivity contribution is -0.116. The van der Waals surface area contributed by atoms with E-state index in [0.29, 0.717) is 28.1 Å². The van der Waals surface area contributed by atoms with E-state index >= 15 is 0 Å². The lowest BCUT2D eigenvalue weighted by Gasteiger charge is -2.07. The molecule has 3 rings (SSSR count). The van der Waals surface area contributed by atoms with Gasteiger partial charge < -0.3 is 15.2 Å². The molecule has 0 aliphatic carbocycles. The van der Waals surface area contributed by atoms with Gasteiger partial charge in [-0.05, 0) is 37.3 Å². The Labute approximate surface area is 184 Å². The van der Waals surface area contributed by atoms with Gasteiger partial charge in [0.15, 0.2) is 5.16 Å². The van der Waals surface area contributed by atoms with Crippen LogP contribution in [-0.4, -0.2) is 32.3 Å². The lowest BCUT2D eigenvalue weighted by atomic mass is 10.2. The van der Waals surface area contributed by atoms with E-state index in [1.165, 1.54) is 11.8 Å². The molecule has 7 nitrogen and oxygen atoms in total. The number of halogens is 1. The van der Waals surface area contributed by atoms with Crippen molar-refractivity contribution in [2.75, 3.05) is 16.4 Å². The van der Waals surface area contributed by atoms with Crippen molar-refractivity contribution in [3.8, 4) is 0 Å². The van der Waals surface area contributed by atoms with E-state index in [9.17, 15) is 9.59 Å². The minimum atomic E-state index is -0.132. The molecular weight excluding hydrogens is 422 g/mol. The van der Waals surface area contributed by atoms with Gasteiger partial charge in [-0.3, -0.25) is 9.59 Å². The van der Waals surface area contributed by atoms with Crippen LogP contribution >= 0.6 is 23.4 Å². The zero-order chi connectivity index (χ0) is 21.5. The first-order chi connectivity index (χ1) is 14.4. The number of aromatic nitrogens is 3. The smallest absolute Gasteiger partial charge is 0.234 e. The second-order valence-electron chi connectivity index (χ2n) is 6.72. The van der Waals surface area contributed by atoms with Crippen LogP contribution in [0.2, 0.25) is 5.02 Å². The van der Waals surface area contributed by atoms with Crippen molar-refractivity contribution in [2.24, 2.45) is 7.05 Å². The summed E-state index contributed by atoms with van der Waals surface area (Å²) in [7, 11) is 1.82. The molecule has 2 N–H and O–H groups in total. The van der Waals surface area contributed by atoms with Crippen LogP contribution in [0, 0.1) is 6.92 Å². The normalized spacial score (nSPS) is 10.6. The van der Waals surface area contributed by atoms with Crippen molar-refractivity contribution in [1.82, 2.24) is 14.8 Å². The number of amides is 2. The van der Waals surface area contributed by atoms with Gasteiger partial charge >= 0.3 is 0 Å². The molecule has 0 radical (unpaired) electrons. The highest BCUT2D eigenvalue weighted by Crippen LogP contribution is 2.18. The summed E-state index contributed by atoms with van der Waals surface area (Å²) in [5.41, 5.74) is 2.55. The topological polar surface area (TPSA) is 88.9 Å². The number of anilines is 2. The Morgan fingerprint density at radius 2 is 1.77 bits per heavy atom. The van der Waals surface area contributed by atoms with Crippen molar-refractivity contribution in [3.63, 3.8) is 0 Å². The van der Waals surface area contributed by atoms with Gasteiger partial charge in [-0.25, -0.2) is 0 Å². The third-order valence-electron chi connectivity index (χ3n) is 4.28. The second-order valence-corrected chi connectivity index (χ2v) is 8.10. The molecule has 30 heavy (non-hydrogen) atoms. The van der Waals surface area contributed by atoms with Crippen molar-refractivity contribution < 1.29 is 9.59 Å². The van der Waals surface area contributed by atoms with E-state index in [4.69, 9.17) is 11.6 Å². The molecule has 0 unspecified atom stereocenters. The van der Waals surface area contributed by atoms with Gasteiger partial charge in [0.1, 0.15) is 5.82 Å². The number of aryl methyl sites for hydroxylation is 2. The Morgan fingerprint density at radius 3 is 2.50 bits per heavy atom. The number of hydrogen-bond acceptors (Lipinski definition) is 5. The summed E-state index contributed by atoms with van der Waals surface area (Å²) in [5.74, 6) is 0.647. The molecule has 0 spiro atoms. The number of benzene rings is 2. The third kappa shape index (κ3) is 6.33. The first kappa shape index (κ1) is 21.9. The van der Waals surface area contributed by atoms with Crippen LogP contribution in [0.25, 0.3) is 0 Å². The number of hydrogen-bond donors (Lipinski definition) is 2. The Bertz CT molecular complexity index is 1040. The molecule has 0 saturated carbocycles. The van der Waals surface area contributed by atoms with E-state index in [-0.39, 0.29) is 24.0 Å². The fraction of sp³-hybridized carbons (Fsp3) is 0.238. The van der Waals surface area contributed by atoms with Crippen LogP contribution < -0.4 is 10.6 Å². The standard InChI is InChI=1S/C21H22ClN5O2S/c1-14-6-8-16(9-7-14)23-20(29)13-30-21-26-25-18(27(21)2)10-11-19(28)24-17-5-3-4-15(22)12-17/h3-9,12H,10-11,13H2,1-2H3,(H,23,29)(H,24,28). The molecule has 2 aromatic carbocycles. The molecule has 0 aliphatic heterocycles. The summed E-state index contributed by atoms with van der Waals surface area (Å²) in [6.45, 7) is 1.99. The molecule has 0 aliphatic rings. The van der Waals surface area contributed by atoms with Gasteiger partial charge in [0.05, 0.1) is 5.75 Å². The van der Waals surface area contributed by atoms with Gasteiger partial charge in [0, 0.05) is 36.3 Å². The number of thioether (sulfide) groups is 1. The highest BCUT2D eigenvalue weighted by atomic mass is 35.5. The zero-order valence-corrected chi connectivity index (χ0v) is 18.3. The van der Waals surface area contributed by atoms with Crippen molar-refractivity contribution in [2.45, 2.75) is 24.9 Å². The third-order valence-corrected chi connectivity index (χ3v) is 5.53. The number of carbonyl (C=O) groups excluding carboxylic acids is 2. The summed E-state index contributed by atoms with van der Waals surface area (Å²) >= 11 is 7.22. The van der Waals surface area contributed by atoms with Crippen molar-refractivity contribution >= 4 is 46.6 Å². The van der Waals surface area contributed by atoms with Gasteiger partial charge in [-0.1, -0.05) is 47.1 Å². The molecule has 3 aromatic rings. The van der Waals surface area contributed by atoms with Crippen LogP contribution in [-0.2, 0) is 23.1 Å². The van der Waals surface area contributed by atoms with Crippen molar-refractivity contribution in [3.05, 3.63) is 64.9 Å². The summed E-state index contributed by atoms with van der Waals surface area (Å²) in [6.07, 6.45) is 0.698. The van der Waals surface area contributed by atoms with E-state index in [1.807, 2.05) is 38.2 Å². The molecule has 1 aromatic heterocycles. The maximum Gasteiger partial charge on any atom is 0.234 e. The molecule has 2 amide bonds. The molecule has 0 saturated heterocycles. The number of rotatable bonds is 8. The van der Waals surface area contributed by atoms with Crippen molar-refractivity contribution in [1.29, 1.82) is 0 Å². The summed E-state index contributed by atoms with van der Waals surface area (Å²) in [6, 6.07) is 14.6. The van der Waals surface area contributed by atoms with Crippen LogP contribution in [0.3, 0.4) is 0 Å². The number of carbonyl (C=O) groups is 2. The molecule has 156 valence electrons. The van der Waals surface area contributed by atoms with E-state index in [1.54, 1.807) is 28.8 Å². The first-order valence-electron chi connectivity index (χ1n) is 9.34. The zero-order valence-electron chi connectivity index (χ0n) is 16.7. The predicted molar refractivity (Wildman–Crippen MR) is 120 cm³/mol. The first-order valence-corrected chi connectivity index (χ1v) is 10.7. The fourth-order valence-electron chi connectivity index (χ4n) is 2.67. The second kappa shape index (κ2) is 10.3. The van der Waals surface area contributed by atoms with Crippen LogP contribution in [0.5, 0.6) is 0 Å². The van der Waals surface area contributed by atoms with Crippen LogP contribution in [0.15, 0.2) is 53.7 Å². The van der Waals surface area contributed by atoms with Gasteiger partial charge in [0.2, 0.25) is 11.8 Å². The lowest BCUT2D eigenvalue weighted by Crippen LogP contribution is -2.15. The molecule has 0 atom stereocenters. The van der Waals surface area contributed by atoms with E-state index < -0.39 is 0 Å². The molecule has 1 heterocycles. The fourth-order valence-corrected chi connectivity index (χ4v) is 3.59. The molecule has 0 bridgehead atoms. The highest BCUT2D eigenvalue weighted by Gasteiger charge is 2.13. The SMILES string of the molecule is Cc1ccc(NC(=O)CSc2nnc(CCC(=O)Nc3cccc(Cl)c3)n2C)cc1. The maximum absolute atomic E-state index is 12.2. The van der Waals surface area contributed by atoms with Gasteiger partial charge in [0.25, 0.3) is 0 Å². The monoisotopic (exact) mass is 443 g/mol. The maximum atomic E-state index is 12.2. The average Bonchev–Trinajstić information content (AvgIpc) is 3.06. The quantitative estimate of drug-likeness (QED) is 0.512. The van der Waals surface area contributed by atoms with Crippen LogP contribution in [0.1, 0.15) is 17.8 Å². The van der Waals surface area contributed by atoms with E-state index in [2.05, 4.69) is 20.8 Å². The summed E-state index contributed by atoms with van der Waals surface area (Å²) < 4.78 is 1.80. The largest absolute Gasteiger partial charge is 0.326 e. The Kier molecular flexibility index (Phi) is 7.48. The van der Waals surface area contributed by atoms with E-state index in [0.717, 1.165) is 11.3 Å². The summed E-state index contributed by atoms with van der Waals surface area (Å²) in [4.78, 5) is 24.3. The van der Waals surface area contributed by atoms with Gasteiger partial charge in [-0.2, -0.15) is 0 Å². The Morgan fingerprint density at radius 1 is 1.03 bits per heavy atom. The average molecular weight is 444 g/mol. The number of nitrogens with zero attached hydrogens (tertiary/aromatic N) is 3. The Hall–Kier alpha value is -2.84. The highest BCUT2D eigenvalue weighted by molar-refractivity contribution is 7.99. The minimum Gasteiger partial charge on any atom is -0.326 e. The van der Waals surface area contributed by atoms with Crippen LogP contribution in [0.4, 0.5) is 11.4 Å². The predicted octanol–water partition coefficient (Wildman–Crippen LogP) is 4.08. The molecular formula is C21H22ClN5O2S. The summed E-state index contributed by atoms with van der Waals surface area (Å²) in [5, 5.41) is 15.1. The molecule has 9 heteroatoms. The Balaban J connectivity index is 1.47. The minimum absolute atomic E-state index is 0.116.